The average molecular weight is 454 g/mol. The number of hydrogen-bond acceptors (Lipinski definition) is 5. The van der Waals surface area contributed by atoms with Gasteiger partial charge in [0.2, 0.25) is 10.0 Å². The second-order valence-electron chi connectivity index (χ2n) is 8.05. The second kappa shape index (κ2) is 9.18. The summed E-state index contributed by atoms with van der Waals surface area (Å²) in [5, 5.41) is 2.92. The van der Waals surface area contributed by atoms with Gasteiger partial charge in [-0.25, -0.2) is 13.1 Å². The van der Waals surface area contributed by atoms with Gasteiger partial charge in [-0.3, -0.25) is 4.79 Å². The van der Waals surface area contributed by atoms with Crippen LogP contribution in [0.15, 0.2) is 64.1 Å². The van der Waals surface area contributed by atoms with Gasteiger partial charge in [0.05, 0.1) is 17.7 Å². The monoisotopic (exact) mass is 453 g/mol. The molecule has 32 heavy (non-hydrogen) atoms. The molecule has 1 aliphatic heterocycles. The van der Waals surface area contributed by atoms with Gasteiger partial charge in [0, 0.05) is 31.4 Å². The highest BCUT2D eigenvalue weighted by molar-refractivity contribution is 7.89. The average Bonchev–Trinajstić information content (AvgIpc) is 3.30. The standard InChI is InChI=1S/C24H27N3O4S/c1-17-7-9-21(32(29,30)26-16-20-6-4-12-31-20)14-22(17)24(28)25-15-18-8-10-23-19(13-18)5-3-11-27(23)2/h4,6-10,12-14,26H,3,5,11,15-16H2,1-2H3,(H,25,28). The van der Waals surface area contributed by atoms with Gasteiger partial charge in [-0.2, -0.15) is 0 Å². The van der Waals surface area contributed by atoms with Crippen molar-refractivity contribution in [3.8, 4) is 0 Å². The summed E-state index contributed by atoms with van der Waals surface area (Å²) in [5.41, 5.74) is 4.59. The molecule has 0 aliphatic carbocycles. The van der Waals surface area contributed by atoms with Crippen molar-refractivity contribution in [3.63, 3.8) is 0 Å². The lowest BCUT2D eigenvalue weighted by atomic mass is 9.99. The van der Waals surface area contributed by atoms with Gasteiger partial charge in [0.1, 0.15) is 5.76 Å². The number of nitrogens with zero attached hydrogens (tertiary/aromatic N) is 1. The lowest BCUT2D eigenvalue weighted by Gasteiger charge is -2.27. The van der Waals surface area contributed by atoms with Gasteiger partial charge in [0.25, 0.3) is 5.91 Å². The highest BCUT2D eigenvalue weighted by Crippen LogP contribution is 2.26. The molecular formula is C24H27N3O4S. The van der Waals surface area contributed by atoms with Crippen molar-refractivity contribution in [1.29, 1.82) is 0 Å². The van der Waals surface area contributed by atoms with Gasteiger partial charge in [-0.05, 0) is 66.8 Å². The zero-order valence-electron chi connectivity index (χ0n) is 18.2. The lowest BCUT2D eigenvalue weighted by Crippen LogP contribution is -2.27. The molecule has 7 nitrogen and oxygen atoms in total. The van der Waals surface area contributed by atoms with Gasteiger partial charge in [0.15, 0.2) is 0 Å². The predicted molar refractivity (Wildman–Crippen MR) is 123 cm³/mol. The number of nitrogens with one attached hydrogen (secondary N) is 2. The van der Waals surface area contributed by atoms with E-state index in [4.69, 9.17) is 4.42 Å². The summed E-state index contributed by atoms with van der Waals surface area (Å²) in [6.07, 6.45) is 3.64. The van der Waals surface area contributed by atoms with E-state index in [1.807, 2.05) is 6.07 Å². The number of carbonyl (C=O) groups excluding carboxylic acids is 1. The molecule has 0 saturated heterocycles. The Morgan fingerprint density at radius 2 is 1.97 bits per heavy atom. The quantitative estimate of drug-likeness (QED) is 0.572. The largest absolute Gasteiger partial charge is 0.468 e. The van der Waals surface area contributed by atoms with E-state index in [-0.39, 0.29) is 17.3 Å². The fourth-order valence-electron chi connectivity index (χ4n) is 3.90. The summed E-state index contributed by atoms with van der Waals surface area (Å²) in [6.45, 7) is 3.26. The van der Waals surface area contributed by atoms with E-state index >= 15 is 0 Å². The fourth-order valence-corrected chi connectivity index (χ4v) is 4.92. The number of aryl methyl sites for hydroxylation is 2. The molecule has 1 aliphatic rings. The van der Waals surface area contributed by atoms with Crippen LogP contribution in [0.3, 0.4) is 0 Å². The summed E-state index contributed by atoms with van der Waals surface area (Å²) in [7, 11) is -1.70. The van der Waals surface area contributed by atoms with Crippen LogP contribution >= 0.6 is 0 Å². The molecule has 4 rings (SSSR count). The van der Waals surface area contributed by atoms with Crippen molar-refractivity contribution < 1.29 is 17.6 Å². The number of sulfonamides is 1. The molecule has 3 aromatic rings. The third kappa shape index (κ3) is 4.87. The van der Waals surface area contributed by atoms with Crippen LogP contribution in [-0.2, 0) is 29.5 Å². The molecule has 0 atom stereocenters. The number of carbonyl (C=O) groups is 1. The second-order valence-corrected chi connectivity index (χ2v) is 9.82. The minimum absolute atomic E-state index is 0.0385. The molecule has 1 amide bonds. The Morgan fingerprint density at radius 1 is 1.12 bits per heavy atom. The third-order valence-electron chi connectivity index (χ3n) is 5.73. The number of anilines is 1. The van der Waals surface area contributed by atoms with Crippen molar-refractivity contribution in [2.24, 2.45) is 0 Å². The van der Waals surface area contributed by atoms with Gasteiger partial charge in [-0.15, -0.1) is 0 Å². The van der Waals surface area contributed by atoms with E-state index < -0.39 is 10.0 Å². The Balaban J connectivity index is 1.45. The maximum Gasteiger partial charge on any atom is 0.251 e. The van der Waals surface area contributed by atoms with Gasteiger partial charge >= 0.3 is 0 Å². The van der Waals surface area contributed by atoms with Gasteiger partial charge < -0.3 is 14.6 Å². The molecule has 0 unspecified atom stereocenters. The first-order valence-corrected chi connectivity index (χ1v) is 12.1. The highest BCUT2D eigenvalue weighted by atomic mass is 32.2. The van der Waals surface area contributed by atoms with Crippen LogP contribution in [0.2, 0.25) is 0 Å². The molecule has 168 valence electrons. The Morgan fingerprint density at radius 3 is 2.75 bits per heavy atom. The van der Waals surface area contributed by atoms with Gasteiger partial charge in [-0.1, -0.05) is 18.2 Å². The number of fused-ring (bicyclic) bond motifs is 1. The van der Waals surface area contributed by atoms with E-state index in [0.717, 1.165) is 24.9 Å². The van der Waals surface area contributed by atoms with Crippen molar-refractivity contribution in [2.75, 3.05) is 18.5 Å². The van der Waals surface area contributed by atoms with E-state index in [9.17, 15) is 13.2 Å². The van der Waals surface area contributed by atoms with Crippen molar-refractivity contribution >= 4 is 21.6 Å². The molecule has 0 radical (unpaired) electrons. The van der Waals surface area contributed by atoms with Crippen LogP contribution in [0.25, 0.3) is 0 Å². The molecule has 2 aromatic carbocycles. The Kier molecular flexibility index (Phi) is 6.34. The SMILES string of the molecule is Cc1ccc(S(=O)(=O)NCc2ccco2)cc1C(=O)NCc1ccc2c(c1)CCCN2C. The van der Waals surface area contributed by atoms with Crippen molar-refractivity contribution in [2.45, 2.75) is 37.8 Å². The van der Waals surface area contributed by atoms with Crippen LogP contribution in [-0.4, -0.2) is 27.9 Å². The molecule has 8 heteroatoms. The molecular weight excluding hydrogens is 426 g/mol. The smallest absolute Gasteiger partial charge is 0.251 e. The molecule has 2 N–H and O–H groups in total. The number of hydrogen-bond donors (Lipinski definition) is 2. The molecule has 2 heterocycles. The van der Waals surface area contributed by atoms with Crippen LogP contribution in [0.1, 0.15) is 39.2 Å². The minimum atomic E-state index is -3.79. The zero-order chi connectivity index (χ0) is 22.7. The first-order chi connectivity index (χ1) is 15.3. The lowest BCUT2D eigenvalue weighted by molar-refractivity contribution is 0.0950. The molecule has 0 bridgehead atoms. The molecule has 0 saturated carbocycles. The maximum absolute atomic E-state index is 12.9. The minimum Gasteiger partial charge on any atom is -0.468 e. The summed E-state index contributed by atoms with van der Waals surface area (Å²) in [5.74, 6) is 0.204. The fraction of sp³-hybridized carbons (Fsp3) is 0.292. The number of rotatable bonds is 7. The molecule has 1 aromatic heterocycles. The van der Waals surface area contributed by atoms with Crippen LogP contribution in [0.4, 0.5) is 5.69 Å². The first kappa shape index (κ1) is 22.1. The van der Waals surface area contributed by atoms with Crippen molar-refractivity contribution in [1.82, 2.24) is 10.0 Å². The maximum atomic E-state index is 12.9. The van der Waals surface area contributed by atoms with E-state index in [2.05, 4.69) is 34.1 Å². The number of furan rings is 1. The zero-order valence-corrected chi connectivity index (χ0v) is 19.0. The number of benzene rings is 2. The summed E-state index contributed by atoms with van der Waals surface area (Å²) in [6, 6.07) is 14.2. The van der Waals surface area contributed by atoms with Crippen molar-refractivity contribution in [3.05, 3.63) is 82.8 Å². The first-order valence-electron chi connectivity index (χ1n) is 10.6. The topological polar surface area (TPSA) is 91.6 Å². The predicted octanol–water partition coefficient (Wildman–Crippen LogP) is 3.38. The Hall–Kier alpha value is -3.10. The van der Waals surface area contributed by atoms with Crippen LogP contribution in [0, 0.1) is 6.92 Å². The Labute approximate surface area is 188 Å². The van der Waals surface area contributed by atoms with Crippen LogP contribution in [0.5, 0.6) is 0 Å². The summed E-state index contributed by atoms with van der Waals surface area (Å²) >= 11 is 0. The number of amides is 1. The van der Waals surface area contributed by atoms with E-state index in [1.165, 1.54) is 29.6 Å². The molecule has 0 spiro atoms. The summed E-state index contributed by atoms with van der Waals surface area (Å²) < 4.78 is 33.0. The Bertz CT molecular complexity index is 1220. The van der Waals surface area contributed by atoms with E-state index in [1.54, 1.807) is 25.1 Å². The third-order valence-corrected chi connectivity index (χ3v) is 7.13. The summed E-state index contributed by atoms with van der Waals surface area (Å²) in [4.78, 5) is 15.1. The highest BCUT2D eigenvalue weighted by Gasteiger charge is 2.19. The van der Waals surface area contributed by atoms with Crippen LogP contribution < -0.4 is 14.9 Å². The van der Waals surface area contributed by atoms with E-state index in [0.29, 0.717) is 23.4 Å². The molecule has 0 fully saturated rings. The normalized spacial score (nSPS) is 13.6.